The van der Waals surface area contributed by atoms with Gasteiger partial charge in [0.1, 0.15) is 12.4 Å². The van der Waals surface area contributed by atoms with Crippen molar-refractivity contribution in [2.75, 3.05) is 6.61 Å². The van der Waals surface area contributed by atoms with Crippen LogP contribution in [0.25, 0.3) is 0 Å². The number of hydrogen-bond acceptors (Lipinski definition) is 3. The number of amides is 1. The minimum Gasteiger partial charge on any atom is -0.474 e. The molecule has 1 heterocycles. The summed E-state index contributed by atoms with van der Waals surface area (Å²) >= 11 is 3.39. The van der Waals surface area contributed by atoms with Crippen LogP contribution in [0.2, 0.25) is 0 Å². The van der Waals surface area contributed by atoms with Gasteiger partial charge in [-0.05, 0) is 71.9 Å². The van der Waals surface area contributed by atoms with Crippen molar-refractivity contribution in [3.05, 3.63) is 58.4 Å². The van der Waals surface area contributed by atoms with Gasteiger partial charge in [-0.3, -0.25) is 4.79 Å². The van der Waals surface area contributed by atoms with Gasteiger partial charge in [-0.2, -0.15) is 0 Å². The third kappa shape index (κ3) is 4.57. The number of nitrogens with zero attached hydrogens (tertiary/aromatic N) is 1. The first kappa shape index (κ1) is 17.9. The first-order valence-electron chi connectivity index (χ1n) is 8.16. The normalized spacial score (nSPS) is 19.4. The summed E-state index contributed by atoms with van der Waals surface area (Å²) in [6, 6.07) is 10.0. The van der Waals surface area contributed by atoms with E-state index in [2.05, 4.69) is 26.2 Å². The third-order valence-corrected chi connectivity index (χ3v) is 4.78. The first-order chi connectivity index (χ1) is 11.9. The molecule has 4 nitrogen and oxygen atoms in total. The lowest BCUT2D eigenvalue weighted by Crippen LogP contribution is -2.48. The van der Waals surface area contributed by atoms with Gasteiger partial charge >= 0.3 is 0 Å². The number of ether oxygens (including phenoxy) is 1. The first-order valence-corrected chi connectivity index (χ1v) is 8.96. The lowest BCUT2D eigenvalue weighted by atomic mass is 10.1. The van der Waals surface area contributed by atoms with Crippen molar-refractivity contribution in [3.63, 3.8) is 0 Å². The van der Waals surface area contributed by atoms with Crippen LogP contribution in [0.4, 0.5) is 4.39 Å². The molecule has 1 fully saturated rings. The smallest absolute Gasteiger partial charge is 0.228 e. The number of hydrogen-bond donors (Lipinski definition) is 1. The number of carbonyl (C=O) groups excluding carboxylic acids is 1. The average Bonchev–Trinajstić information content (AvgIpc) is 3.35. The second-order valence-corrected chi connectivity index (χ2v) is 7.81. The minimum atomic E-state index is -0.524. The molecule has 0 unspecified atom stereocenters. The van der Waals surface area contributed by atoms with E-state index in [1.807, 2.05) is 26.0 Å². The minimum absolute atomic E-state index is 0.00279. The molecular formula is C19H20BrFN2O2. The second kappa shape index (κ2) is 7.12. The molecule has 1 aromatic heterocycles. The van der Waals surface area contributed by atoms with Gasteiger partial charge in [0.15, 0.2) is 0 Å². The van der Waals surface area contributed by atoms with Crippen molar-refractivity contribution in [1.82, 2.24) is 10.3 Å². The van der Waals surface area contributed by atoms with Crippen molar-refractivity contribution in [3.8, 4) is 5.88 Å². The largest absolute Gasteiger partial charge is 0.474 e. The summed E-state index contributed by atoms with van der Waals surface area (Å²) < 4.78 is 19.5. The predicted octanol–water partition coefficient (Wildman–Crippen LogP) is 4.06. The summed E-state index contributed by atoms with van der Waals surface area (Å²) in [7, 11) is 0. The van der Waals surface area contributed by atoms with Gasteiger partial charge in [0.25, 0.3) is 0 Å². The molecule has 1 N–H and O–H groups in total. The van der Waals surface area contributed by atoms with Gasteiger partial charge in [-0.15, -0.1) is 0 Å². The molecular weight excluding hydrogens is 387 g/mol. The van der Waals surface area contributed by atoms with Crippen molar-refractivity contribution in [2.45, 2.75) is 31.7 Å². The number of aromatic nitrogens is 1. The Morgan fingerprint density at radius 1 is 1.36 bits per heavy atom. The van der Waals surface area contributed by atoms with Gasteiger partial charge in [-0.1, -0.05) is 12.1 Å². The molecule has 0 aliphatic heterocycles. The summed E-state index contributed by atoms with van der Waals surface area (Å²) in [4.78, 5) is 16.6. The topological polar surface area (TPSA) is 51.2 Å². The van der Waals surface area contributed by atoms with Crippen LogP contribution in [-0.4, -0.2) is 23.0 Å². The molecule has 1 aliphatic rings. The molecule has 3 rings (SSSR count). The number of halogens is 2. The Balaban J connectivity index is 1.53. The van der Waals surface area contributed by atoms with Crippen LogP contribution in [0.5, 0.6) is 5.88 Å². The third-order valence-electron chi connectivity index (χ3n) is 4.18. The molecule has 6 heteroatoms. The molecule has 1 aromatic carbocycles. The van der Waals surface area contributed by atoms with Crippen molar-refractivity contribution in [2.24, 2.45) is 5.92 Å². The van der Waals surface area contributed by atoms with Crippen molar-refractivity contribution in [1.29, 1.82) is 0 Å². The highest BCUT2D eigenvalue weighted by Crippen LogP contribution is 2.47. The molecule has 1 aliphatic carbocycles. The fraction of sp³-hybridized carbons (Fsp3) is 0.368. The Bertz CT molecular complexity index is 764. The SMILES string of the molecule is CC(C)(COc1ncccc1Br)NC(=O)[C@@H]1C[C@H]1c1ccc(F)cc1. The predicted molar refractivity (Wildman–Crippen MR) is 96.9 cm³/mol. The summed E-state index contributed by atoms with van der Waals surface area (Å²) in [5.41, 5.74) is 0.484. The number of rotatable bonds is 6. The van der Waals surface area contributed by atoms with Crippen LogP contribution in [-0.2, 0) is 4.79 Å². The molecule has 0 radical (unpaired) electrons. The molecule has 0 spiro atoms. The Labute approximate surface area is 154 Å². The number of nitrogens with one attached hydrogen (secondary N) is 1. The van der Waals surface area contributed by atoms with E-state index in [0.717, 1.165) is 16.5 Å². The molecule has 1 saturated carbocycles. The van der Waals surface area contributed by atoms with E-state index >= 15 is 0 Å². The van der Waals surface area contributed by atoms with Crippen LogP contribution in [0.3, 0.4) is 0 Å². The standard InChI is InChI=1S/C19H20BrFN2O2/c1-19(2,11-25-18-16(20)4-3-9-22-18)23-17(24)15-10-14(15)12-5-7-13(21)8-6-12/h3-9,14-15H,10-11H2,1-2H3,(H,23,24)/t14-,15+/m0/s1. The van der Waals surface area contributed by atoms with E-state index in [9.17, 15) is 9.18 Å². The van der Waals surface area contributed by atoms with E-state index in [4.69, 9.17) is 4.74 Å². The summed E-state index contributed by atoms with van der Waals surface area (Å²) in [6.07, 6.45) is 2.45. The maximum Gasteiger partial charge on any atom is 0.228 e. The summed E-state index contributed by atoms with van der Waals surface area (Å²) in [6.45, 7) is 4.14. The lowest BCUT2D eigenvalue weighted by Gasteiger charge is -2.26. The summed E-state index contributed by atoms with van der Waals surface area (Å²) in [5, 5.41) is 3.04. The van der Waals surface area contributed by atoms with Gasteiger partial charge in [-0.25, -0.2) is 9.37 Å². The van der Waals surface area contributed by atoms with Crippen LogP contribution in [0.1, 0.15) is 31.7 Å². The fourth-order valence-corrected chi connectivity index (χ4v) is 3.12. The van der Waals surface area contributed by atoms with E-state index in [-0.39, 0.29) is 23.6 Å². The fourth-order valence-electron chi connectivity index (χ4n) is 2.75. The Hall–Kier alpha value is -1.95. The van der Waals surface area contributed by atoms with E-state index < -0.39 is 5.54 Å². The molecule has 2 aromatic rings. The van der Waals surface area contributed by atoms with Crippen molar-refractivity contribution >= 4 is 21.8 Å². The van der Waals surface area contributed by atoms with Gasteiger partial charge in [0, 0.05) is 12.1 Å². The van der Waals surface area contributed by atoms with Crippen LogP contribution in [0.15, 0.2) is 47.1 Å². The summed E-state index contributed by atoms with van der Waals surface area (Å²) in [5.74, 6) is 0.349. The Morgan fingerprint density at radius 2 is 2.08 bits per heavy atom. The molecule has 1 amide bonds. The zero-order chi connectivity index (χ0) is 18.0. The number of pyridine rings is 1. The molecule has 0 saturated heterocycles. The Morgan fingerprint density at radius 3 is 2.76 bits per heavy atom. The number of carbonyl (C=O) groups is 1. The molecule has 25 heavy (non-hydrogen) atoms. The van der Waals surface area contributed by atoms with E-state index in [1.165, 1.54) is 12.1 Å². The van der Waals surface area contributed by atoms with Gasteiger partial charge < -0.3 is 10.1 Å². The highest BCUT2D eigenvalue weighted by molar-refractivity contribution is 9.10. The van der Waals surface area contributed by atoms with Gasteiger partial charge in [0.05, 0.1) is 10.0 Å². The van der Waals surface area contributed by atoms with E-state index in [1.54, 1.807) is 18.3 Å². The molecule has 0 bridgehead atoms. The zero-order valence-electron chi connectivity index (χ0n) is 14.1. The average molecular weight is 407 g/mol. The zero-order valence-corrected chi connectivity index (χ0v) is 15.7. The van der Waals surface area contributed by atoms with Gasteiger partial charge in [0.2, 0.25) is 11.8 Å². The van der Waals surface area contributed by atoms with E-state index in [0.29, 0.717) is 12.5 Å². The maximum absolute atomic E-state index is 13.0. The monoisotopic (exact) mass is 406 g/mol. The number of benzene rings is 1. The Kier molecular flexibility index (Phi) is 5.08. The van der Waals surface area contributed by atoms with Crippen LogP contribution < -0.4 is 10.1 Å². The van der Waals surface area contributed by atoms with Crippen LogP contribution in [0, 0.1) is 11.7 Å². The highest BCUT2D eigenvalue weighted by atomic mass is 79.9. The molecule has 2 atom stereocenters. The maximum atomic E-state index is 13.0. The molecule has 132 valence electrons. The quantitative estimate of drug-likeness (QED) is 0.786. The lowest BCUT2D eigenvalue weighted by molar-refractivity contribution is -0.124. The highest BCUT2D eigenvalue weighted by Gasteiger charge is 2.45. The van der Waals surface area contributed by atoms with Crippen LogP contribution >= 0.6 is 15.9 Å². The van der Waals surface area contributed by atoms with Crippen molar-refractivity contribution < 1.29 is 13.9 Å². The second-order valence-electron chi connectivity index (χ2n) is 6.95.